The lowest BCUT2D eigenvalue weighted by Crippen LogP contribution is -2.35. The maximum atomic E-state index is 5.34. The van der Waals surface area contributed by atoms with Crippen LogP contribution < -0.4 is 10.6 Å². The Morgan fingerprint density at radius 1 is 1.71 bits per heavy atom. The molecule has 1 aliphatic rings. The molecule has 0 amide bonds. The van der Waals surface area contributed by atoms with Gasteiger partial charge in [0, 0.05) is 37.3 Å². The highest BCUT2D eigenvalue weighted by molar-refractivity contribution is 7.09. The van der Waals surface area contributed by atoms with Gasteiger partial charge >= 0.3 is 0 Å². The first kappa shape index (κ1) is 13.0. The second-order valence-electron chi connectivity index (χ2n) is 4.66. The highest BCUT2D eigenvalue weighted by atomic mass is 32.1. The van der Waals surface area contributed by atoms with Gasteiger partial charge in [0.05, 0.1) is 12.1 Å². The largest absolute Gasteiger partial charge is 0.380 e. The van der Waals surface area contributed by atoms with Gasteiger partial charge in [-0.05, 0) is 20.3 Å². The molecular weight excluding hydrogens is 234 g/mol. The zero-order chi connectivity index (χ0) is 12.3. The highest BCUT2D eigenvalue weighted by Gasteiger charge is 2.23. The Hall–Kier alpha value is -0.490. The van der Waals surface area contributed by atoms with E-state index in [1.165, 1.54) is 5.01 Å². The normalized spacial score (nSPS) is 26.3. The van der Waals surface area contributed by atoms with E-state index < -0.39 is 0 Å². The minimum atomic E-state index is 0.331. The number of rotatable bonds is 5. The molecule has 1 saturated heterocycles. The molecule has 0 aromatic carbocycles. The Morgan fingerprint density at radius 3 is 3.12 bits per heavy atom. The summed E-state index contributed by atoms with van der Waals surface area (Å²) in [4.78, 5) is 4.50. The number of ether oxygens (including phenoxy) is 1. The van der Waals surface area contributed by atoms with E-state index in [0.717, 1.165) is 25.2 Å². The minimum absolute atomic E-state index is 0.331. The summed E-state index contributed by atoms with van der Waals surface area (Å²) in [6.07, 6.45) is 1.46. The monoisotopic (exact) mass is 255 g/mol. The van der Waals surface area contributed by atoms with Gasteiger partial charge in [-0.25, -0.2) is 4.98 Å². The Labute approximate surface area is 107 Å². The van der Waals surface area contributed by atoms with Crippen LogP contribution in [0.5, 0.6) is 0 Å². The van der Waals surface area contributed by atoms with Crippen molar-refractivity contribution >= 4 is 11.3 Å². The zero-order valence-electron chi connectivity index (χ0n) is 10.7. The average Bonchev–Trinajstić information content (AvgIpc) is 2.94. The number of hydrogen-bond acceptors (Lipinski definition) is 5. The summed E-state index contributed by atoms with van der Waals surface area (Å²) in [5.41, 5.74) is 1.11. The molecule has 3 unspecified atom stereocenters. The van der Waals surface area contributed by atoms with Crippen molar-refractivity contribution in [2.45, 2.75) is 38.5 Å². The molecule has 0 bridgehead atoms. The van der Waals surface area contributed by atoms with Crippen LogP contribution in [-0.4, -0.2) is 37.3 Å². The molecule has 1 aromatic heterocycles. The lowest BCUT2D eigenvalue weighted by molar-refractivity contribution is 0.117. The van der Waals surface area contributed by atoms with Crippen LogP contribution in [0.3, 0.4) is 0 Å². The van der Waals surface area contributed by atoms with Crippen molar-refractivity contribution in [2.75, 3.05) is 20.2 Å². The molecule has 2 N–H and O–H groups in total. The summed E-state index contributed by atoms with van der Waals surface area (Å²) < 4.78 is 5.34. The smallest absolute Gasteiger partial charge is 0.110 e. The van der Waals surface area contributed by atoms with Crippen LogP contribution in [0.4, 0.5) is 0 Å². The molecule has 2 heterocycles. The maximum Gasteiger partial charge on any atom is 0.110 e. The topological polar surface area (TPSA) is 46.2 Å². The van der Waals surface area contributed by atoms with Crippen molar-refractivity contribution in [2.24, 2.45) is 0 Å². The van der Waals surface area contributed by atoms with Crippen molar-refractivity contribution in [1.82, 2.24) is 15.6 Å². The second kappa shape index (κ2) is 5.91. The molecule has 0 spiro atoms. The van der Waals surface area contributed by atoms with Gasteiger partial charge in [0.2, 0.25) is 0 Å². The summed E-state index contributed by atoms with van der Waals surface area (Å²) in [5, 5.41) is 10.3. The maximum absolute atomic E-state index is 5.34. The summed E-state index contributed by atoms with van der Waals surface area (Å²) in [6.45, 7) is 6.14. The molecule has 0 aliphatic carbocycles. The first-order valence-corrected chi connectivity index (χ1v) is 6.98. The fraction of sp³-hybridized carbons (Fsp3) is 0.750. The van der Waals surface area contributed by atoms with Gasteiger partial charge in [0.1, 0.15) is 5.01 Å². The SMILES string of the molecule is COC1CNC(CNC(C)c2nc(C)cs2)C1. The van der Waals surface area contributed by atoms with Gasteiger partial charge in [-0.3, -0.25) is 0 Å². The molecule has 2 rings (SSSR count). The van der Waals surface area contributed by atoms with Crippen molar-refractivity contribution in [3.63, 3.8) is 0 Å². The van der Waals surface area contributed by atoms with E-state index in [1.54, 1.807) is 18.4 Å². The number of aryl methyl sites for hydroxylation is 1. The Morgan fingerprint density at radius 2 is 2.53 bits per heavy atom. The van der Waals surface area contributed by atoms with Crippen LogP contribution in [0.1, 0.15) is 30.1 Å². The molecule has 96 valence electrons. The molecular formula is C12H21N3OS. The highest BCUT2D eigenvalue weighted by Crippen LogP contribution is 2.18. The van der Waals surface area contributed by atoms with Gasteiger partial charge in [-0.15, -0.1) is 11.3 Å². The Kier molecular flexibility index (Phi) is 4.50. The van der Waals surface area contributed by atoms with Crippen molar-refractivity contribution < 1.29 is 4.74 Å². The standard InChI is InChI=1S/C12H21N3OS/c1-8-7-17-12(15-8)9(2)13-5-10-4-11(16-3)6-14-10/h7,9-11,13-14H,4-6H2,1-3H3. The predicted octanol–water partition coefficient (Wildman–Crippen LogP) is 1.48. The van der Waals surface area contributed by atoms with Gasteiger partial charge in [0.25, 0.3) is 0 Å². The van der Waals surface area contributed by atoms with Crippen LogP contribution in [0.2, 0.25) is 0 Å². The summed E-state index contributed by atoms with van der Waals surface area (Å²) in [7, 11) is 1.78. The molecule has 4 nitrogen and oxygen atoms in total. The predicted molar refractivity (Wildman–Crippen MR) is 70.5 cm³/mol. The quantitative estimate of drug-likeness (QED) is 0.836. The average molecular weight is 255 g/mol. The summed E-state index contributed by atoms with van der Waals surface area (Å²) in [5.74, 6) is 0. The lowest BCUT2D eigenvalue weighted by atomic mass is 10.2. The summed E-state index contributed by atoms with van der Waals surface area (Å²) in [6, 6.07) is 0.848. The van der Waals surface area contributed by atoms with Crippen molar-refractivity contribution in [3.8, 4) is 0 Å². The first-order chi connectivity index (χ1) is 8.19. The third-order valence-corrected chi connectivity index (χ3v) is 4.34. The fourth-order valence-electron chi connectivity index (χ4n) is 2.09. The first-order valence-electron chi connectivity index (χ1n) is 6.10. The van der Waals surface area contributed by atoms with Gasteiger partial charge in [-0.1, -0.05) is 0 Å². The molecule has 5 heteroatoms. The third-order valence-electron chi connectivity index (χ3n) is 3.19. The zero-order valence-corrected chi connectivity index (χ0v) is 11.5. The van der Waals surface area contributed by atoms with Crippen LogP contribution in [0.15, 0.2) is 5.38 Å². The summed E-state index contributed by atoms with van der Waals surface area (Å²) >= 11 is 1.73. The number of nitrogens with one attached hydrogen (secondary N) is 2. The molecule has 0 radical (unpaired) electrons. The molecule has 3 atom stereocenters. The molecule has 0 saturated carbocycles. The molecule has 1 aromatic rings. The van der Waals surface area contributed by atoms with E-state index in [9.17, 15) is 0 Å². The van der Waals surface area contributed by atoms with Crippen LogP contribution >= 0.6 is 11.3 Å². The van der Waals surface area contributed by atoms with E-state index in [1.807, 2.05) is 6.92 Å². The third kappa shape index (κ3) is 3.48. The Bertz CT molecular complexity index is 355. The lowest BCUT2D eigenvalue weighted by Gasteiger charge is -2.15. The van der Waals surface area contributed by atoms with Crippen LogP contribution in [-0.2, 0) is 4.74 Å². The van der Waals surface area contributed by atoms with E-state index in [0.29, 0.717) is 18.2 Å². The second-order valence-corrected chi connectivity index (χ2v) is 5.55. The number of thiazole rings is 1. The number of methoxy groups -OCH3 is 1. The molecule has 1 fully saturated rings. The van der Waals surface area contributed by atoms with Gasteiger partial charge < -0.3 is 15.4 Å². The van der Waals surface area contributed by atoms with Gasteiger partial charge in [-0.2, -0.15) is 0 Å². The Balaban J connectivity index is 1.75. The number of aromatic nitrogens is 1. The van der Waals surface area contributed by atoms with Crippen molar-refractivity contribution in [1.29, 1.82) is 0 Å². The van der Waals surface area contributed by atoms with Crippen LogP contribution in [0.25, 0.3) is 0 Å². The minimum Gasteiger partial charge on any atom is -0.380 e. The van der Waals surface area contributed by atoms with E-state index in [-0.39, 0.29) is 0 Å². The van der Waals surface area contributed by atoms with Crippen molar-refractivity contribution in [3.05, 3.63) is 16.1 Å². The molecule has 17 heavy (non-hydrogen) atoms. The van der Waals surface area contributed by atoms with E-state index in [4.69, 9.17) is 4.74 Å². The van der Waals surface area contributed by atoms with E-state index >= 15 is 0 Å². The van der Waals surface area contributed by atoms with Gasteiger partial charge in [0.15, 0.2) is 0 Å². The molecule has 1 aliphatic heterocycles. The fourth-order valence-corrected chi connectivity index (χ4v) is 2.92. The number of hydrogen-bond donors (Lipinski definition) is 2. The van der Waals surface area contributed by atoms with E-state index in [2.05, 4.69) is 27.9 Å². The number of nitrogens with zero attached hydrogens (tertiary/aromatic N) is 1. The van der Waals surface area contributed by atoms with Crippen LogP contribution in [0, 0.1) is 6.92 Å².